The van der Waals surface area contributed by atoms with Gasteiger partial charge in [0.25, 0.3) is 0 Å². The van der Waals surface area contributed by atoms with Crippen LogP contribution < -0.4 is 5.32 Å². The maximum atomic E-state index is 5.46. The van der Waals surface area contributed by atoms with Crippen molar-refractivity contribution in [2.75, 3.05) is 39.4 Å². The molecule has 2 atom stereocenters. The highest BCUT2D eigenvalue weighted by molar-refractivity contribution is 5.19. The summed E-state index contributed by atoms with van der Waals surface area (Å²) in [4.78, 5) is 2.60. The van der Waals surface area contributed by atoms with Gasteiger partial charge >= 0.3 is 0 Å². The number of piperazine rings is 1. The smallest absolute Gasteiger partial charge is 0.0495 e. The van der Waals surface area contributed by atoms with Crippen molar-refractivity contribution in [3.63, 3.8) is 0 Å². The van der Waals surface area contributed by atoms with Crippen LogP contribution in [0.4, 0.5) is 0 Å². The van der Waals surface area contributed by atoms with Crippen molar-refractivity contribution in [1.29, 1.82) is 0 Å². The molecular formula is C16H24N2O. The summed E-state index contributed by atoms with van der Waals surface area (Å²) in [5.74, 6) is 0.796. The van der Waals surface area contributed by atoms with Crippen molar-refractivity contribution < 1.29 is 4.74 Å². The van der Waals surface area contributed by atoms with Gasteiger partial charge in [-0.05, 0) is 30.9 Å². The normalized spacial score (nSPS) is 28.6. The van der Waals surface area contributed by atoms with E-state index in [1.165, 1.54) is 31.5 Å². The third-order valence-electron chi connectivity index (χ3n) is 4.34. The molecule has 2 aliphatic rings. The molecule has 104 valence electrons. The van der Waals surface area contributed by atoms with Gasteiger partial charge in [-0.2, -0.15) is 0 Å². The summed E-state index contributed by atoms with van der Waals surface area (Å²) in [6, 6.07) is 11.3. The third kappa shape index (κ3) is 3.56. The molecule has 0 amide bonds. The van der Waals surface area contributed by atoms with Crippen LogP contribution >= 0.6 is 0 Å². The molecule has 1 aromatic carbocycles. The molecule has 0 radical (unpaired) electrons. The fourth-order valence-electron chi connectivity index (χ4n) is 3.10. The standard InChI is InChI=1S/C16H24N2O/c1-2-4-15(5-3-1)16-12-18(10-8-17-16)9-6-14-7-11-19-13-14/h1-5,14,16-17H,6-13H2. The number of nitrogens with zero attached hydrogens (tertiary/aromatic N) is 1. The van der Waals surface area contributed by atoms with Gasteiger partial charge in [0, 0.05) is 38.9 Å². The van der Waals surface area contributed by atoms with Gasteiger partial charge in [-0.25, -0.2) is 0 Å². The van der Waals surface area contributed by atoms with Crippen LogP contribution in [-0.2, 0) is 4.74 Å². The van der Waals surface area contributed by atoms with E-state index < -0.39 is 0 Å². The Labute approximate surface area is 115 Å². The van der Waals surface area contributed by atoms with E-state index in [9.17, 15) is 0 Å². The van der Waals surface area contributed by atoms with Crippen LogP contribution in [0.1, 0.15) is 24.4 Å². The molecule has 2 heterocycles. The fourth-order valence-corrected chi connectivity index (χ4v) is 3.10. The van der Waals surface area contributed by atoms with Crippen LogP contribution in [0.2, 0.25) is 0 Å². The highest BCUT2D eigenvalue weighted by atomic mass is 16.5. The van der Waals surface area contributed by atoms with E-state index in [4.69, 9.17) is 4.74 Å². The Morgan fingerprint density at radius 2 is 2.16 bits per heavy atom. The van der Waals surface area contributed by atoms with Crippen molar-refractivity contribution in [1.82, 2.24) is 10.2 Å². The van der Waals surface area contributed by atoms with Crippen LogP contribution in [0.5, 0.6) is 0 Å². The Kier molecular flexibility index (Phi) is 4.49. The summed E-state index contributed by atoms with van der Waals surface area (Å²) in [6.45, 7) is 6.58. The highest BCUT2D eigenvalue weighted by Crippen LogP contribution is 2.20. The molecule has 0 aliphatic carbocycles. The Hall–Kier alpha value is -0.900. The lowest BCUT2D eigenvalue weighted by molar-refractivity contribution is 0.166. The predicted molar refractivity (Wildman–Crippen MR) is 77.2 cm³/mol. The maximum absolute atomic E-state index is 5.46. The summed E-state index contributed by atoms with van der Waals surface area (Å²) in [6.07, 6.45) is 2.55. The van der Waals surface area contributed by atoms with Crippen LogP contribution in [-0.4, -0.2) is 44.3 Å². The third-order valence-corrected chi connectivity index (χ3v) is 4.34. The van der Waals surface area contributed by atoms with Gasteiger partial charge in [-0.15, -0.1) is 0 Å². The molecule has 3 rings (SSSR count). The van der Waals surface area contributed by atoms with Gasteiger partial charge in [0.2, 0.25) is 0 Å². The van der Waals surface area contributed by atoms with E-state index in [0.29, 0.717) is 6.04 Å². The van der Waals surface area contributed by atoms with E-state index in [0.717, 1.165) is 32.2 Å². The van der Waals surface area contributed by atoms with Gasteiger partial charge in [0.05, 0.1) is 0 Å². The second-order valence-electron chi connectivity index (χ2n) is 5.74. The van der Waals surface area contributed by atoms with E-state index in [2.05, 4.69) is 40.5 Å². The summed E-state index contributed by atoms with van der Waals surface area (Å²) in [7, 11) is 0. The first kappa shape index (κ1) is 13.1. The number of ether oxygens (including phenoxy) is 1. The first-order chi connectivity index (χ1) is 9.42. The second-order valence-corrected chi connectivity index (χ2v) is 5.74. The quantitative estimate of drug-likeness (QED) is 0.897. The molecule has 0 saturated carbocycles. The Morgan fingerprint density at radius 3 is 2.95 bits per heavy atom. The first-order valence-corrected chi connectivity index (χ1v) is 7.50. The van der Waals surface area contributed by atoms with Gasteiger partial charge in [0.15, 0.2) is 0 Å². The lowest BCUT2D eigenvalue weighted by Gasteiger charge is -2.34. The van der Waals surface area contributed by atoms with Crippen molar-refractivity contribution >= 4 is 0 Å². The lowest BCUT2D eigenvalue weighted by Crippen LogP contribution is -2.46. The minimum atomic E-state index is 0.495. The Balaban J connectivity index is 1.50. The molecule has 0 bridgehead atoms. The first-order valence-electron chi connectivity index (χ1n) is 7.50. The van der Waals surface area contributed by atoms with Crippen LogP contribution in [0, 0.1) is 5.92 Å². The van der Waals surface area contributed by atoms with Crippen LogP contribution in [0.15, 0.2) is 30.3 Å². The molecule has 3 heteroatoms. The molecule has 3 nitrogen and oxygen atoms in total. The van der Waals surface area contributed by atoms with Crippen molar-refractivity contribution in [3.05, 3.63) is 35.9 Å². The van der Waals surface area contributed by atoms with Gasteiger partial charge in [0.1, 0.15) is 0 Å². The Bertz CT molecular complexity index is 376. The van der Waals surface area contributed by atoms with Crippen molar-refractivity contribution in [2.45, 2.75) is 18.9 Å². The molecule has 2 aliphatic heterocycles. The number of benzene rings is 1. The average Bonchev–Trinajstić information content (AvgIpc) is 3.00. The topological polar surface area (TPSA) is 24.5 Å². The van der Waals surface area contributed by atoms with Crippen LogP contribution in [0.3, 0.4) is 0 Å². The SMILES string of the molecule is c1ccc(C2CN(CCC3CCOC3)CCN2)cc1. The van der Waals surface area contributed by atoms with Crippen LogP contribution in [0.25, 0.3) is 0 Å². The predicted octanol–water partition coefficient (Wildman–Crippen LogP) is 2.06. The summed E-state index contributed by atoms with van der Waals surface area (Å²) in [5.41, 5.74) is 1.41. The van der Waals surface area contributed by atoms with Gasteiger partial charge in [-0.3, -0.25) is 0 Å². The van der Waals surface area contributed by atoms with E-state index >= 15 is 0 Å². The number of hydrogen-bond acceptors (Lipinski definition) is 3. The summed E-state index contributed by atoms with van der Waals surface area (Å²) in [5, 5.41) is 3.63. The molecular weight excluding hydrogens is 236 g/mol. The highest BCUT2D eigenvalue weighted by Gasteiger charge is 2.22. The Morgan fingerprint density at radius 1 is 1.26 bits per heavy atom. The molecule has 2 saturated heterocycles. The van der Waals surface area contributed by atoms with Crippen molar-refractivity contribution in [3.8, 4) is 0 Å². The fraction of sp³-hybridized carbons (Fsp3) is 0.625. The minimum Gasteiger partial charge on any atom is -0.381 e. The zero-order valence-electron chi connectivity index (χ0n) is 11.6. The van der Waals surface area contributed by atoms with Crippen molar-refractivity contribution in [2.24, 2.45) is 5.92 Å². The molecule has 2 fully saturated rings. The minimum absolute atomic E-state index is 0.495. The molecule has 0 aromatic heterocycles. The maximum Gasteiger partial charge on any atom is 0.0495 e. The van der Waals surface area contributed by atoms with E-state index in [1.807, 2.05) is 0 Å². The summed E-state index contributed by atoms with van der Waals surface area (Å²) >= 11 is 0. The number of nitrogens with one attached hydrogen (secondary N) is 1. The van der Waals surface area contributed by atoms with E-state index in [-0.39, 0.29) is 0 Å². The molecule has 1 N–H and O–H groups in total. The summed E-state index contributed by atoms with van der Waals surface area (Å²) < 4.78 is 5.46. The largest absolute Gasteiger partial charge is 0.381 e. The average molecular weight is 260 g/mol. The monoisotopic (exact) mass is 260 g/mol. The van der Waals surface area contributed by atoms with Gasteiger partial charge < -0.3 is 15.0 Å². The molecule has 0 spiro atoms. The number of hydrogen-bond donors (Lipinski definition) is 1. The van der Waals surface area contributed by atoms with E-state index in [1.54, 1.807) is 0 Å². The lowest BCUT2D eigenvalue weighted by atomic mass is 10.0. The van der Waals surface area contributed by atoms with Gasteiger partial charge in [-0.1, -0.05) is 30.3 Å². The zero-order valence-corrected chi connectivity index (χ0v) is 11.6. The second kappa shape index (κ2) is 6.51. The molecule has 2 unspecified atom stereocenters. The zero-order chi connectivity index (χ0) is 12.9. The molecule has 1 aromatic rings. The number of rotatable bonds is 4. The molecule has 19 heavy (non-hydrogen) atoms.